The molecule has 2 aromatic carbocycles. The number of carbonyl (C=O) groups excluding carboxylic acids is 1. The van der Waals surface area contributed by atoms with E-state index in [0.29, 0.717) is 24.5 Å². The minimum atomic E-state index is -0.0612. The van der Waals surface area contributed by atoms with E-state index >= 15 is 0 Å². The summed E-state index contributed by atoms with van der Waals surface area (Å²) < 4.78 is 9.90. The van der Waals surface area contributed by atoms with E-state index in [-0.39, 0.29) is 5.91 Å². The highest BCUT2D eigenvalue weighted by molar-refractivity contribution is 5.96. The van der Waals surface area contributed by atoms with Crippen LogP contribution in [0, 0.1) is 0 Å². The fourth-order valence-electron chi connectivity index (χ4n) is 3.82. The fraction of sp³-hybridized carbons (Fsp3) is 0.120. The quantitative estimate of drug-likeness (QED) is 0.446. The SMILES string of the molecule is Cn1cc(CC(=O)Nc2cccc(OCc3cn4ccccc4n3)c2)c2ccccc21. The molecular weight excluding hydrogens is 388 g/mol. The molecule has 0 atom stereocenters. The molecule has 0 spiro atoms. The number of aryl methyl sites for hydroxylation is 1. The van der Waals surface area contributed by atoms with Crippen molar-refractivity contribution in [1.29, 1.82) is 0 Å². The van der Waals surface area contributed by atoms with E-state index in [4.69, 9.17) is 4.74 Å². The summed E-state index contributed by atoms with van der Waals surface area (Å²) in [5.41, 5.74) is 4.56. The fourth-order valence-corrected chi connectivity index (χ4v) is 3.82. The van der Waals surface area contributed by atoms with Crippen molar-refractivity contribution < 1.29 is 9.53 Å². The highest BCUT2D eigenvalue weighted by Crippen LogP contribution is 2.22. The van der Waals surface area contributed by atoms with Crippen molar-refractivity contribution in [1.82, 2.24) is 14.0 Å². The Hall–Kier alpha value is -4.06. The zero-order chi connectivity index (χ0) is 21.2. The molecule has 0 saturated carbocycles. The molecule has 0 bridgehead atoms. The van der Waals surface area contributed by atoms with E-state index in [2.05, 4.69) is 16.4 Å². The molecule has 1 N–H and O–H groups in total. The first-order valence-electron chi connectivity index (χ1n) is 10.1. The molecule has 0 aliphatic rings. The Morgan fingerprint density at radius 2 is 1.90 bits per heavy atom. The number of anilines is 1. The van der Waals surface area contributed by atoms with Crippen LogP contribution in [0.3, 0.4) is 0 Å². The number of carbonyl (C=O) groups is 1. The van der Waals surface area contributed by atoms with Crippen molar-refractivity contribution in [3.8, 4) is 5.75 Å². The number of aromatic nitrogens is 3. The van der Waals surface area contributed by atoms with Gasteiger partial charge in [-0.15, -0.1) is 0 Å². The van der Waals surface area contributed by atoms with Gasteiger partial charge >= 0.3 is 0 Å². The lowest BCUT2D eigenvalue weighted by Gasteiger charge is -2.08. The standard InChI is InChI=1S/C25H22N4O2/c1-28-15-18(22-9-2-3-10-23(22)28)13-25(30)27-19-7-6-8-21(14-19)31-17-20-16-29-12-5-4-11-24(29)26-20/h2-12,14-16H,13,17H2,1H3,(H,27,30). The number of rotatable bonds is 6. The summed E-state index contributed by atoms with van der Waals surface area (Å²) in [4.78, 5) is 17.2. The molecule has 3 aromatic heterocycles. The van der Waals surface area contributed by atoms with Gasteiger partial charge in [0.15, 0.2) is 0 Å². The number of hydrogen-bond acceptors (Lipinski definition) is 3. The van der Waals surface area contributed by atoms with E-state index in [1.54, 1.807) is 0 Å². The minimum absolute atomic E-state index is 0.0612. The van der Waals surface area contributed by atoms with Gasteiger partial charge in [-0.2, -0.15) is 0 Å². The predicted molar refractivity (Wildman–Crippen MR) is 121 cm³/mol. The zero-order valence-corrected chi connectivity index (χ0v) is 17.2. The van der Waals surface area contributed by atoms with Crippen LogP contribution in [-0.2, 0) is 24.9 Å². The van der Waals surface area contributed by atoms with Crippen LogP contribution in [0.1, 0.15) is 11.3 Å². The van der Waals surface area contributed by atoms with Gasteiger partial charge in [-0.3, -0.25) is 4.79 Å². The van der Waals surface area contributed by atoms with Crippen molar-refractivity contribution in [2.45, 2.75) is 13.0 Å². The molecule has 6 heteroatoms. The molecule has 0 unspecified atom stereocenters. The first-order chi connectivity index (χ1) is 15.2. The lowest BCUT2D eigenvalue weighted by atomic mass is 10.1. The molecule has 6 nitrogen and oxygen atoms in total. The normalized spacial score (nSPS) is 11.1. The number of para-hydroxylation sites is 1. The highest BCUT2D eigenvalue weighted by Gasteiger charge is 2.11. The third-order valence-corrected chi connectivity index (χ3v) is 5.25. The van der Waals surface area contributed by atoms with Gasteiger partial charge in [0.05, 0.1) is 12.1 Å². The van der Waals surface area contributed by atoms with Gasteiger partial charge in [0, 0.05) is 48.3 Å². The molecule has 31 heavy (non-hydrogen) atoms. The Morgan fingerprint density at radius 3 is 2.81 bits per heavy atom. The van der Waals surface area contributed by atoms with Gasteiger partial charge in [-0.1, -0.05) is 30.3 Å². The van der Waals surface area contributed by atoms with Crippen molar-refractivity contribution in [3.05, 3.63) is 96.6 Å². The third-order valence-electron chi connectivity index (χ3n) is 5.25. The maximum atomic E-state index is 12.7. The maximum absolute atomic E-state index is 12.7. The van der Waals surface area contributed by atoms with Crippen LogP contribution < -0.4 is 10.1 Å². The largest absolute Gasteiger partial charge is 0.487 e. The van der Waals surface area contributed by atoms with Crippen LogP contribution in [0.2, 0.25) is 0 Å². The van der Waals surface area contributed by atoms with Crippen molar-refractivity contribution in [2.75, 3.05) is 5.32 Å². The van der Waals surface area contributed by atoms with E-state index in [0.717, 1.165) is 27.8 Å². The summed E-state index contributed by atoms with van der Waals surface area (Å²) in [5.74, 6) is 0.619. The number of nitrogens with zero attached hydrogens (tertiary/aromatic N) is 3. The van der Waals surface area contributed by atoms with Gasteiger partial charge in [-0.05, 0) is 35.9 Å². The van der Waals surface area contributed by atoms with Crippen molar-refractivity contribution in [3.63, 3.8) is 0 Å². The molecule has 5 aromatic rings. The molecule has 0 radical (unpaired) electrons. The topological polar surface area (TPSA) is 60.6 Å². The lowest BCUT2D eigenvalue weighted by molar-refractivity contribution is -0.115. The average molecular weight is 410 g/mol. The third kappa shape index (κ3) is 4.00. The Labute approximate surface area is 179 Å². The van der Waals surface area contributed by atoms with Gasteiger partial charge in [-0.25, -0.2) is 4.98 Å². The number of nitrogens with one attached hydrogen (secondary N) is 1. The van der Waals surface area contributed by atoms with Crippen LogP contribution in [0.4, 0.5) is 5.69 Å². The second-order valence-corrected chi connectivity index (χ2v) is 7.52. The van der Waals surface area contributed by atoms with Crippen LogP contribution in [0.5, 0.6) is 5.75 Å². The number of benzene rings is 2. The van der Waals surface area contributed by atoms with E-state index in [9.17, 15) is 4.79 Å². The molecule has 5 rings (SSSR count). The van der Waals surface area contributed by atoms with Crippen LogP contribution in [0.15, 0.2) is 85.3 Å². The molecule has 1 amide bonds. The number of amides is 1. The molecule has 0 aliphatic carbocycles. The Bertz CT molecular complexity index is 1350. The van der Waals surface area contributed by atoms with Gasteiger partial charge in [0.25, 0.3) is 0 Å². The molecule has 154 valence electrons. The van der Waals surface area contributed by atoms with Crippen LogP contribution in [-0.4, -0.2) is 19.9 Å². The predicted octanol–water partition coefficient (Wildman–Crippen LogP) is 4.59. The Kier molecular flexibility index (Phi) is 4.88. The summed E-state index contributed by atoms with van der Waals surface area (Å²) in [6, 6.07) is 21.4. The number of fused-ring (bicyclic) bond motifs is 2. The van der Waals surface area contributed by atoms with Crippen LogP contribution in [0.25, 0.3) is 16.6 Å². The summed E-state index contributed by atoms with van der Waals surface area (Å²) in [5, 5.41) is 4.08. The lowest BCUT2D eigenvalue weighted by Crippen LogP contribution is -2.14. The summed E-state index contributed by atoms with van der Waals surface area (Å²) in [6.07, 6.45) is 6.23. The number of pyridine rings is 1. The summed E-state index contributed by atoms with van der Waals surface area (Å²) in [6.45, 7) is 0.356. The highest BCUT2D eigenvalue weighted by atomic mass is 16.5. The Morgan fingerprint density at radius 1 is 1.03 bits per heavy atom. The second-order valence-electron chi connectivity index (χ2n) is 7.52. The monoisotopic (exact) mass is 410 g/mol. The Balaban J connectivity index is 1.24. The van der Waals surface area contributed by atoms with Crippen molar-refractivity contribution in [2.24, 2.45) is 7.05 Å². The van der Waals surface area contributed by atoms with Crippen molar-refractivity contribution >= 4 is 28.1 Å². The molecule has 3 heterocycles. The minimum Gasteiger partial charge on any atom is -0.487 e. The first-order valence-corrected chi connectivity index (χ1v) is 10.1. The number of ether oxygens (including phenoxy) is 1. The number of imidazole rings is 1. The zero-order valence-electron chi connectivity index (χ0n) is 17.2. The second kappa shape index (κ2) is 7.99. The van der Waals surface area contributed by atoms with Gasteiger partial charge < -0.3 is 19.0 Å². The van der Waals surface area contributed by atoms with Gasteiger partial charge in [0.1, 0.15) is 18.0 Å². The summed E-state index contributed by atoms with van der Waals surface area (Å²) >= 11 is 0. The number of hydrogen-bond donors (Lipinski definition) is 1. The van der Waals surface area contributed by atoms with E-state index < -0.39 is 0 Å². The molecule has 0 aliphatic heterocycles. The summed E-state index contributed by atoms with van der Waals surface area (Å²) in [7, 11) is 1.99. The molecular formula is C25H22N4O2. The van der Waals surface area contributed by atoms with E-state index in [1.165, 1.54) is 0 Å². The van der Waals surface area contributed by atoms with Crippen LogP contribution >= 0.6 is 0 Å². The maximum Gasteiger partial charge on any atom is 0.228 e. The van der Waals surface area contributed by atoms with Gasteiger partial charge in [0.2, 0.25) is 5.91 Å². The molecule has 0 saturated heterocycles. The van der Waals surface area contributed by atoms with E-state index in [1.807, 2.05) is 95.3 Å². The average Bonchev–Trinajstić information content (AvgIpc) is 3.33. The first kappa shape index (κ1) is 18.9. The molecule has 0 fully saturated rings. The smallest absolute Gasteiger partial charge is 0.228 e.